The molecular weight excluding hydrogens is 538 g/mol. The lowest BCUT2D eigenvalue weighted by Gasteiger charge is -2.19. The van der Waals surface area contributed by atoms with Crippen molar-refractivity contribution in [2.24, 2.45) is 0 Å². The largest absolute Gasteiger partial charge is 0.478 e. The highest BCUT2D eigenvalue weighted by Crippen LogP contribution is 2.29. The number of carbonyl (C=O) groups is 2. The summed E-state index contributed by atoms with van der Waals surface area (Å²) in [6.45, 7) is 6.75. The number of anilines is 1. The van der Waals surface area contributed by atoms with E-state index in [1.807, 2.05) is 57.3 Å². The molecule has 4 aromatic carbocycles. The van der Waals surface area contributed by atoms with Crippen LogP contribution in [0, 0.1) is 0 Å². The number of fused-ring (bicyclic) bond motifs is 2. The molecule has 0 unspecified atom stereocenters. The fourth-order valence-electron chi connectivity index (χ4n) is 5.37. The van der Waals surface area contributed by atoms with E-state index in [2.05, 4.69) is 69.2 Å². The van der Waals surface area contributed by atoms with Gasteiger partial charge in [-0.25, -0.2) is 9.59 Å². The van der Waals surface area contributed by atoms with Gasteiger partial charge in [-0.05, 0) is 102 Å². The molecule has 0 aliphatic carbocycles. The van der Waals surface area contributed by atoms with Gasteiger partial charge in [0, 0.05) is 42.2 Å². The molecule has 43 heavy (non-hydrogen) atoms. The minimum atomic E-state index is -0.924. The number of rotatable bonds is 7. The Hall–Kier alpha value is -5.30. The van der Waals surface area contributed by atoms with Crippen molar-refractivity contribution in [1.29, 1.82) is 0 Å². The number of amides is 1. The van der Waals surface area contributed by atoms with E-state index < -0.39 is 17.7 Å². The highest BCUT2D eigenvalue weighted by atomic mass is 16.6. The van der Waals surface area contributed by atoms with Gasteiger partial charge in [-0.2, -0.15) is 0 Å². The summed E-state index contributed by atoms with van der Waals surface area (Å²) in [6.07, 6.45) is 3.65. The van der Waals surface area contributed by atoms with Crippen LogP contribution in [0.4, 0.5) is 10.5 Å². The summed E-state index contributed by atoms with van der Waals surface area (Å²) in [7, 11) is 0. The van der Waals surface area contributed by atoms with Crippen molar-refractivity contribution >= 4 is 39.6 Å². The monoisotopic (exact) mass is 571 g/mol. The molecule has 2 aromatic heterocycles. The molecule has 6 aromatic rings. The summed E-state index contributed by atoms with van der Waals surface area (Å²) in [5, 5.41) is 14.5. The normalized spacial score (nSPS) is 11.6. The van der Waals surface area contributed by atoms with Crippen molar-refractivity contribution in [3.8, 4) is 11.1 Å². The first kappa shape index (κ1) is 27.8. The van der Waals surface area contributed by atoms with Crippen LogP contribution in [0.2, 0.25) is 0 Å². The average Bonchev–Trinajstić information content (AvgIpc) is 3.55. The van der Waals surface area contributed by atoms with Gasteiger partial charge in [-0.3, -0.25) is 5.32 Å². The molecule has 0 spiro atoms. The number of aromatic carboxylic acids is 1. The molecule has 0 saturated carbocycles. The SMILES string of the molecule is CC(C)(C)OC(=O)Nc1cccc(Cn2ccc3ccc(-c4ccc5ccn(Cc6cccc(C(=O)O)c6)c5c4)cc32)c1. The molecule has 7 nitrogen and oxygen atoms in total. The number of carbonyl (C=O) groups excluding carboxylic acids is 1. The summed E-state index contributed by atoms with van der Waals surface area (Å²) in [5.74, 6) is -0.924. The van der Waals surface area contributed by atoms with Gasteiger partial charge in [-0.1, -0.05) is 48.5 Å². The van der Waals surface area contributed by atoms with Crippen molar-refractivity contribution in [2.45, 2.75) is 39.5 Å². The lowest BCUT2D eigenvalue weighted by molar-refractivity contribution is 0.0634. The van der Waals surface area contributed by atoms with Crippen LogP contribution in [0.15, 0.2) is 109 Å². The zero-order valence-electron chi connectivity index (χ0n) is 24.4. The van der Waals surface area contributed by atoms with Crippen LogP contribution in [-0.4, -0.2) is 31.9 Å². The van der Waals surface area contributed by atoms with Gasteiger partial charge in [0.05, 0.1) is 5.56 Å². The van der Waals surface area contributed by atoms with Gasteiger partial charge >= 0.3 is 12.1 Å². The fourth-order valence-corrected chi connectivity index (χ4v) is 5.37. The maximum atomic E-state index is 12.3. The number of aromatic nitrogens is 2. The van der Waals surface area contributed by atoms with E-state index in [0.29, 0.717) is 18.8 Å². The van der Waals surface area contributed by atoms with Crippen LogP contribution in [0.25, 0.3) is 32.9 Å². The van der Waals surface area contributed by atoms with E-state index in [1.165, 1.54) is 0 Å². The highest BCUT2D eigenvalue weighted by Gasteiger charge is 2.16. The van der Waals surface area contributed by atoms with Crippen molar-refractivity contribution in [1.82, 2.24) is 9.13 Å². The van der Waals surface area contributed by atoms with Crippen LogP contribution in [0.3, 0.4) is 0 Å². The predicted octanol–water partition coefficient (Wildman–Crippen LogP) is 8.40. The number of ether oxygens (including phenoxy) is 1. The molecule has 0 aliphatic rings. The van der Waals surface area contributed by atoms with E-state index in [4.69, 9.17) is 4.74 Å². The molecule has 2 heterocycles. The second kappa shape index (κ2) is 11.2. The Balaban J connectivity index is 1.26. The number of carboxylic acids is 1. The molecule has 0 saturated heterocycles. The summed E-state index contributed by atoms with van der Waals surface area (Å²) < 4.78 is 9.76. The number of nitrogens with one attached hydrogen (secondary N) is 1. The third-order valence-electron chi connectivity index (χ3n) is 7.33. The molecule has 7 heteroatoms. The van der Waals surface area contributed by atoms with Crippen LogP contribution in [-0.2, 0) is 17.8 Å². The first-order valence-corrected chi connectivity index (χ1v) is 14.2. The number of nitrogens with zero attached hydrogens (tertiary/aromatic N) is 2. The Morgan fingerprint density at radius 3 is 1.84 bits per heavy atom. The van der Waals surface area contributed by atoms with Crippen LogP contribution < -0.4 is 5.32 Å². The molecule has 0 aliphatic heterocycles. The maximum Gasteiger partial charge on any atom is 0.412 e. The number of benzene rings is 4. The first-order chi connectivity index (χ1) is 20.6. The molecule has 0 bridgehead atoms. The first-order valence-electron chi connectivity index (χ1n) is 14.2. The van der Waals surface area contributed by atoms with Gasteiger partial charge in [0.1, 0.15) is 5.60 Å². The molecule has 1 amide bonds. The molecule has 6 rings (SSSR count). The van der Waals surface area contributed by atoms with Gasteiger partial charge in [0.15, 0.2) is 0 Å². The minimum Gasteiger partial charge on any atom is -0.478 e. The zero-order chi connectivity index (χ0) is 30.1. The highest BCUT2D eigenvalue weighted by molar-refractivity contribution is 5.90. The van der Waals surface area contributed by atoms with Crippen molar-refractivity contribution in [2.75, 3.05) is 5.32 Å². The quantitative estimate of drug-likeness (QED) is 0.201. The number of hydrogen-bond acceptors (Lipinski definition) is 3. The lowest BCUT2D eigenvalue weighted by atomic mass is 10.0. The van der Waals surface area contributed by atoms with Crippen LogP contribution >= 0.6 is 0 Å². The van der Waals surface area contributed by atoms with E-state index in [9.17, 15) is 14.7 Å². The minimum absolute atomic E-state index is 0.289. The predicted molar refractivity (Wildman–Crippen MR) is 171 cm³/mol. The van der Waals surface area contributed by atoms with Crippen molar-refractivity contribution < 1.29 is 19.4 Å². The maximum absolute atomic E-state index is 12.3. The molecule has 0 atom stereocenters. The Morgan fingerprint density at radius 2 is 1.28 bits per heavy atom. The molecule has 0 radical (unpaired) electrons. The Morgan fingerprint density at radius 1 is 0.721 bits per heavy atom. The van der Waals surface area contributed by atoms with E-state index in [-0.39, 0.29) is 5.56 Å². The van der Waals surface area contributed by atoms with E-state index in [0.717, 1.165) is 44.1 Å². The zero-order valence-corrected chi connectivity index (χ0v) is 24.4. The third-order valence-corrected chi connectivity index (χ3v) is 7.33. The Labute approximate surface area is 250 Å². The van der Waals surface area contributed by atoms with Crippen molar-refractivity contribution in [3.63, 3.8) is 0 Å². The molecule has 216 valence electrons. The Bertz CT molecular complexity index is 1980. The number of hydrogen-bond donors (Lipinski definition) is 2. The third kappa shape index (κ3) is 6.31. The Kier molecular flexibility index (Phi) is 7.24. The lowest BCUT2D eigenvalue weighted by Crippen LogP contribution is -2.27. The summed E-state index contributed by atoms with van der Waals surface area (Å²) in [6, 6.07) is 32.0. The summed E-state index contributed by atoms with van der Waals surface area (Å²) in [4.78, 5) is 23.7. The van der Waals surface area contributed by atoms with Crippen molar-refractivity contribution in [3.05, 3.63) is 126 Å². The smallest absolute Gasteiger partial charge is 0.412 e. The van der Waals surface area contributed by atoms with Gasteiger partial charge in [0.2, 0.25) is 0 Å². The molecule has 2 N–H and O–H groups in total. The summed E-state index contributed by atoms with van der Waals surface area (Å²) >= 11 is 0. The molecular formula is C36H33N3O4. The molecule has 0 fully saturated rings. The van der Waals surface area contributed by atoms with Gasteiger partial charge in [0.25, 0.3) is 0 Å². The number of carboxylic acid groups (broad SMARTS) is 1. The standard InChI is InChI=1S/C36H33N3O4/c1-36(2,3)43-35(42)37-31-9-5-7-25(19-31)23-39-17-15-27-11-13-29(21-33(27)39)28-12-10-26-14-16-38(32(26)20-28)22-24-6-4-8-30(18-24)34(40)41/h4-21H,22-23H2,1-3H3,(H,37,42)(H,40,41). The van der Waals surface area contributed by atoms with E-state index >= 15 is 0 Å². The summed E-state index contributed by atoms with van der Waals surface area (Å²) in [5.41, 5.74) is 6.82. The fraction of sp³-hybridized carbons (Fsp3) is 0.167. The second-order valence-electron chi connectivity index (χ2n) is 11.8. The average molecular weight is 572 g/mol. The van der Waals surface area contributed by atoms with Crippen LogP contribution in [0.1, 0.15) is 42.3 Å². The topological polar surface area (TPSA) is 85.5 Å². The second-order valence-corrected chi connectivity index (χ2v) is 11.8. The van der Waals surface area contributed by atoms with E-state index in [1.54, 1.807) is 18.2 Å². The van der Waals surface area contributed by atoms with Crippen LogP contribution in [0.5, 0.6) is 0 Å². The van der Waals surface area contributed by atoms with Gasteiger partial charge in [-0.15, -0.1) is 0 Å². The van der Waals surface area contributed by atoms with Gasteiger partial charge < -0.3 is 19.0 Å².